The molecule has 4 aromatic rings. The average molecular weight is 424 g/mol. The Balaban J connectivity index is 1.56. The number of H-pyrrole nitrogens is 1. The number of nitrogens with one attached hydrogen (secondary N) is 2. The number of anilines is 1. The molecule has 1 atom stereocenters. The molecule has 0 saturated heterocycles. The SMILES string of the molecule is CCCc1cccc(-c2c[n+]3c(c(Cc4ccccc4)n2)NC(Cc2ccc[nH]2)C3=O)c1. The largest absolute Gasteiger partial charge is 0.365 e. The summed E-state index contributed by atoms with van der Waals surface area (Å²) < 4.78 is 1.76. The molecule has 2 N–H and O–H groups in total. The van der Waals surface area contributed by atoms with Crippen LogP contribution in [0, 0.1) is 0 Å². The van der Waals surface area contributed by atoms with E-state index in [-0.39, 0.29) is 11.9 Å². The Hall–Kier alpha value is -3.73. The minimum atomic E-state index is -0.313. The van der Waals surface area contributed by atoms with Gasteiger partial charge in [-0.3, -0.25) is 5.32 Å². The van der Waals surface area contributed by atoms with Gasteiger partial charge >= 0.3 is 11.7 Å². The number of aromatic nitrogens is 3. The first-order chi connectivity index (χ1) is 15.7. The number of hydrogen-bond acceptors (Lipinski definition) is 3. The number of benzene rings is 2. The van der Waals surface area contributed by atoms with Crippen molar-refractivity contribution in [3.63, 3.8) is 0 Å². The smallest absolute Gasteiger partial charge is 0.359 e. The lowest BCUT2D eigenvalue weighted by Gasteiger charge is -2.08. The molecule has 32 heavy (non-hydrogen) atoms. The van der Waals surface area contributed by atoms with Crippen LogP contribution >= 0.6 is 0 Å². The number of rotatable bonds is 7. The Morgan fingerprint density at radius 1 is 1.00 bits per heavy atom. The maximum Gasteiger partial charge on any atom is 0.359 e. The molecular formula is C27H27N4O+. The Labute approximate surface area is 188 Å². The first kappa shape index (κ1) is 20.2. The summed E-state index contributed by atoms with van der Waals surface area (Å²) in [6, 6.07) is 22.4. The Kier molecular flexibility index (Phi) is 5.55. The number of hydrogen-bond donors (Lipinski definition) is 2. The zero-order chi connectivity index (χ0) is 21.9. The van der Waals surface area contributed by atoms with E-state index < -0.39 is 0 Å². The van der Waals surface area contributed by atoms with Crippen molar-refractivity contribution < 1.29 is 9.36 Å². The second-order valence-corrected chi connectivity index (χ2v) is 8.34. The molecule has 2 aromatic heterocycles. The molecule has 5 heteroatoms. The van der Waals surface area contributed by atoms with E-state index in [1.807, 2.05) is 42.7 Å². The third-order valence-corrected chi connectivity index (χ3v) is 5.93. The van der Waals surface area contributed by atoms with E-state index in [4.69, 9.17) is 4.98 Å². The third kappa shape index (κ3) is 4.06. The number of aryl methyl sites for hydroxylation is 1. The molecule has 1 aliphatic heterocycles. The minimum Gasteiger partial charge on any atom is -0.365 e. The van der Waals surface area contributed by atoms with Crippen LogP contribution in [0.1, 0.15) is 40.7 Å². The first-order valence-corrected chi connectivity index (χ1v) is 11.2. The molecule has 3 heterocycles. The van der Waals surface area contributed by atoms with Gasteiger partial charge in [0.1, 0.15) is 17.6 Å². The summed E-state index contributed by atoms with van der Waals surface area (Å²) in [4.78, 5) is 21.6. The summed E-state index contributed by atoms with van der Waals surface area (Å²) in [7, 11) is 0. The Morgan fingerprint density at radius 3 is 2.62 bits per heavy atom. The molecule has 0 bridgehead atoms. The predicted octanol–water partition coefficient (Wildman–Crippen LogP) is 4.58. The molecule has 0 radical (unpaired) electrons. The van der Waals surface area contributed by atoms with E-state index >= 15 is 0 Å². The number of carbonyl (C=O) groups excluding carboxylic acids is 1. The second-order valence-electron chi connectivity index (χ2n) is 8.34. The average Bonchev–Trinajstić information content (AvgIpc) is 3.44. The van der Waals surface area contributed by atoms with Gasteiger partial charge in [0.2, 0.25) is 6.04 Å². The molecule has 0 amide bonds. The number of nitrogens with zero attached hydrogens (tertiary/aromatic N) is 2. The molecule has 1 unspecified atom stereocenters. The highest BCUT2D eigenvalue weighted by atomic mass is 16.2. The summed E-state index contributed by atoms with van der Waals surface area (Å²) in [5.74, 6) is 0.848. The normalized spacial score (nSPS) is 14.9. The van der Waals surface area contributed by atoms with Crippen LogP contribution in [0.3, 0.4) is 0 Å². The lowest BCUT2D eigenvalue weighted by atomic mass is 10.0. The van der Waals surface area contributed by atoms with Crippen molar-refractivity contribution in [2.45, 2.75) is 38.6 Å². The molecule has 2 aromatic carbocycles. The van der Waals surface area contributed by atoms with Crippen LogP contribution in [-0.2, 0) is 19.3 Å². The van der Waals surface area contributed by atoms with Crippen LogP contribution in [0.25, 0.3) is 11.3 Å². The lowest BCUT2D eigenvalue weighted by molar-refractivity contribution is -0.552. The van der Waals surface area contributed by atoms with Crippen LogP contribution < -0.4 is 9.88 Å². The topological polar surface area (TPSA) is 61.7 Å². The zero-order valence-electron chi connectivity index (χ0n) is 18.2. The third-order valence-electron chi connectivity index (χ3n) is 5.93. The molecule has 0 fully saturated rings. The van der Waals surface area contributed by atoms with Gasteiger partial charge in [0.05, 0.1) is 0 Å². The van der Waals surface area contributed by atoms with Gasteiger partial charge in [0.25, 0.3) is 0 Å². The van der Waals surface area contributed by atoms with Gasteiger partial charge in [-0.05, 0) is 35.7 Å². The minimum absolute atomic E-state index is 0.0530. The van der Waals surface area contributed by atoms with Crippen molar-refractivity contribution in [2.75, 3.05) is 5.32 Å². The highest BCUT2D eigenvalue weighted by molar-refractivity contribution is 5.82. The number of carbonyl (C=O) groups is 1. The standard InChI is InChI=1S/C27H26N4O/c1-2-8-19-11-6-12-21(15-19)25-18-31-26(23(29-25)16-20-9-4-3-5-10-20)30-24(27(31)32)17-22-13-7-14-28-22/h3-7,9-15,18,24,28H,2,8,16-17H2,1H3/p+1. The van der Waals surface area contributed by atoms with Gasteiger partial charge in [-0.25, -0.2) is 9.78 Å². The summed E-state index contributed by atoms with van der Waals surface area (Å²) >= 11 is 0. The van der Waals surface area contributed by atoms with Gasteiger partial charge in [0.15, 0.2) is 0 Å². The van der Waals surface area contributed by atoms with Crippen molar-refractivity contribution in [1.82, 2.24) is 9.97 Å². The molecule has 5 nitrogen and oxygen atoms in total. The summed E-state index contributed by atoms with van der Waals surface area (Å²) in [5, 5.41) is 3.45. The molecule has 0 spiro atoms. The molecule has 0 saturated carbocycles. The van der Waals surface area contributed by atoms with Crippen LogP contribution in [-0.4, -0.2) is 21.9 Å². The Bertz CT molecular complexity index is 1230. The van der Waals surface area contributed by atoms with Crippen molar-refractivity contribution in [1.29, 1.82) is 0 Å². The van der Waals surface area contributed by atoms with Gasteiger partial charge < -0.3 is 4.98 Å². The summed E-state index contributed by atoms with van der Waals surface area (Å²) in [5.41, 5.74) is 6.25. The van der Waals surface area contributed by atoms with Crippen molar-refractivity contribution >= 4 is 11.7 Å². The maximum atomic E-state index is 13.3. The fourth-order valence-corrected chi connectivity index (χ4v) is 4.35. The zero-order valence-corrected chi connectivity index (χ0v) is 18.2. The van der Waals surface area contributed by atoms with E-state index in [9.17, 15) is 4.79 Å². The fraction of sp³-hybridized carbons (Fsp3) is 0.222. The van der Waals surface area contributed by atoms with Gasteiger partial charge in [-0.15, -0.1) is 0 Å². The van der Waals surface area contributed by atoms with E-state index in [2.05, 4.69) is 53.6 Å². The highest BCUT2D eigenvalue weighted by Crippen LogP contribution is 2.25. The monoisotopic (exact) mass is 423 g/mol. The van der Waals surface area contributed by atoms with Crippen LogP contribution in [0.5, 0.6) is 0 Å². The molecule has 1 aliphatic rings. The second kappa shape index (κ2) is 8.79. The fourth-order valence-electron chi connectivity index (χ4n) is 4.35. The van der Waals surface area contributed by atoms with Crippen molar-refractivity contribution in [3.05, 3.63) is 102 Å². The van der Waals surface area contributed by atoms with Crippen LogP contribution in [0.15, 0.2) is 79.1 Å². The van der Waals surface area contributed by atoms with E-state index in [1.165, 1.54) is 11.1 Å². The van der Waals surface area contributed by atoms with E-state index in [0.29, 0.717) is 12.8 Å². The number of aromatic amines is 1. The highest BCUT2D eigenvalue weighted by Gasteiger charge is 2.41. The summed E-state index contributed by atoms with van der Waals surface area (Å²) in [6.07, 6.45) is 7.17. The molecule has 160 valence electrons. The summed E-state index contributed by atoms with van der Waals surface area (Å²) in [6.45, 7) is 2.18. The van der Waals surface area contributed by atoms with Crippen LogP contribution in [0.4, 0.5) is 5.82 Å². The molecule has 0 aliphatic carbocycles. The maximum absolute atomic E-state index is 13.3. The van der Waals surface area contributed by atoms with Crippen LogP contribution in [0.2, 0.25) is 0 Å². The first-order valence-electron chi connectivity index (χ1n) is 11.2. The molecule has 5 rings (SSSR count). The van der Waals surface area contributed by atoms with Gasteiger partial charge in [0, 0.05) is 30.3 Å². The Morgan fingerprint density at radius 2 is 1.84 bits per heavy atom. The number of fused-ring (bicyclic) bond motifs is 1. The van der Waals surface area contributed by atoms with E-state index in [1.54, 1.807) is 4.57 Å². The van der Waals surface area contributed by atoms with Gasteiger partial charge in [-0.2, -0.15) is 4.57 Å². The van der Waals surface area contributed by atoms with Gasteiger partial charge in [-0.1, -0.05) is 61.9 Å². The van der Waals surface area contributed by atoms with Crippen molar-refractivity contribution in [2.24, 2.45) is 0 Å². The molecular weight excluding hydrogens is 396 g/mol. The lowest BCUT2D eigenvalue weighted by Crippen LogP contribution is -2.44. The van der Waals surface area contributed by atoms with E-state index in [0.717, 1.165) is 41.3 Å². The predicted molar refractivity (Wildman–Crippen MR) is 126 cm³/mol. The quantitative estimate of drug-likeness (QED) is 0.428. The van der Waals surface area contributed by atoms with Crippen molar-refractivity contribution in [3.8, 4) is 11.3 Å².